The molecule has 258 valence electrons. The van der Waals surface area contributed by atoms with Gasteiger partial charge in [-0.05, 0) is 88.3 Å². The Hall–Kier alpha value is -7.36. The second-order valence-electron chi connectivity index (χ2n) is 14.1. The van der Waals surface area contributed by atoms with Crippen LogP contribution in [0.3, 0.4) is 0 Å². The van der Waals surface area contributed by atoms with Crippen molar-refractivity contribution in [3.8, 4) is 27.9 Å². The van der Waals surface area contributed by atoms with E-state index in [2.05, 4.69) is 204 Å². The highest BCUT2D eigenvalue weighted by Gasteiger charge is 2.21. The predicted molar refractivity (Wildman–Crippen MR) is 231 cm³/mol. The third-order valence-corrected chi connectivity index (χ3v) is 11.0. The molecule has 0 saturated heterocycles. The number of hydrogen-bond donors (Lipinski definition) is 0. The Balaban J connectivity index is 1.03. The second kappa shape index (κ2) is 12.6. The van der Waals surface area contributed by atoms with Crippen molar-refractivity contribution in [2.75, 3.05) is 4.90 Å². The van der Waals surface area contributed by atoms with E-state index < -0.39 is 0 Å². The maximum atomic E-state index is 6.60. The van der Waals surface area contributed by atoms with Crippen molar-refractivity contribution < 1.29 is 4.42 Å². The molecule has 0 atom stereocenters. The van der Waals surface area contributed by atoms with Gasteiger partial charge in [-0.1, -0.05) is 146 Å². The van der Waals surface area contributed by atoms with E-state index in [0.29, 0.717) is 0 Å². The van der Waals surface area contributed by atoms with Crippen LogP contribution >= 0.6 is 0 Å². The molecule has 0 unspecified atom stereocenters. The smallest absolute Gasteiger partial charge is 0.159 e. The Morgan fingerprint density at radius 2 is 0.945 bits per heavy atom. The minimum atomic E-state index is 0.872. The van der Waals surface area contributed by atoms with Crippen molar-refractivity contribution in [3.63, 3.8) is 0 Å². The normalized spacial score (nSPS) is 11.6. The zero-order valence-corrected chi connectivity index (χ0v) is 29.9. The Morgan fingerprint density at radius 3 is 1.80 bits per heavy atom. The van der Waals surface area contributed by atoms with E-state index in [1.165, 1.54) is 49.3 Å². The summed E-state index contributed by atoms with van der Waals surface area (Å²) in [5, 5.41) is 7.07. The zero-order chi connectivity index (χ0) is 36.3. The van der Waals surface area contributed by atoms with Crippen LogP contribution in [-0.4, -0.2) is 4.57 Å². The minimum absolute atomic E-state index is 0.872. The molecule has 2 heterocycles. The molecule has 3 heteroatoms. The lowest BCUT2D eigenvalue weighted by molar-refractivity contribution is 0.669. The summed E-state index contributed by atoms with van der Waals surface area (Å²) in [6.07, 6.45) is 0. The van der Waals surface area contributed by atoms with Crippen LogP contribution in [0, 0.1) is 0 Å². The number of furan rings is 1. The molecule has 11 aromatic rings. The molecular formula is C52H34N2O. The topological polar surface area (TPSA) is 21.3 Å². The van der Waals surface area contributed by atoms with Crippen LogP contribution in [0.4, 0.5) is 17.1 Å². The summed E-state index contributed by atoms with van der Waals surface area (Å²) in [4.78, 5) is 2.34. The molecule has 0 aliphatic rings. The number of nitrogens with zero attached hydrogens (tertiary/aromatic N) is 2. The summed E-state index contributed by atoms with van der Waals surface area (Å²) < 4.78 is 8.99. The van der Waals surface area contributed by atoms with Gasteiger partial charge in [-0.3, -0.25) is 0 Å². The lowest BCUT2D eigenvalue weighted by atomic mass is 10.0. The van der Waals surface area contributed by atoms with Crippen LogP contribution in [0.2, 0.25) is 0 Å². The lowest BCUT2D eigenvalue weighted by Crippen LogP contribution is -2.10. The molecule has 0 radical (unpaired) electrons. The monoisotopic (exact) mass is 702 g/mol. The van der Waals surface area contributed by atoms with Gasteiger partial charge in [0.2, 0.25) is 0 Å². The van der Waals surface area contributed by atoms with Crippen LogP contribution in [0.1, 0.15) is 0 Å². The van der Waals surface area contributed by atoms with Crippen LogP contribution in [0.25, 0.3) is 82.5 Å². The van der Waals surface area contributed by atoms with Crippen LogP contribution in [0.5, 0.6) is 0 Å². The molecule has 11 rings (SSSR count). The molecule has 0 aliphatic heterocycles. The van der Waals surface area contributed by atoms with E-state index in [9.17, 15) is 0 Å². The van der Waals surface area contributed by atoms with E-state index in [1.54, 1.807) is 0 Å². The van der Waals surface area contributed by atoms with Gasteiger partial charge in [-0.15, -0.1) is 0 Å². The molecule has 9 aromatic carbocycles. The van der Waals surface area contributed by atoms with E-state index in [4.69, 9.17) is 4.42 Å². The van der Waals surface area contributed by atoms with Crippen molar-refractivity contribution in [1.29, 1.82) is 0 Å². The number of anilines is 3. The molecule has 0 bridgehead atoms. The fourth-order valence-corrected chi connectivity index (χ4v) is 8.39. The molecular weight excluding hydrogens is 669 g/mol. The Morgan fingerprint density at radius 1 is 0.364 bits per heavy atom. The first-order valence-corrected chi connectivity index (χ1v) is 18.8. The van der Waals surface area contributed by atoms with Crippen molar-refractivity contribution in [2.45, 2.75) is 0 Å². The van der Waals surface area contributed by atoms with E-state index in [-0.39, 0.29) is 0 Å². The average Bonchev–Trinajstić information content (AvgIpc) is 3.81. The summed E-state index contributed by atoms with van der Waals surface area (Å²) in [5.74, 6) is 0. The fraction of sp³-hybridized carbons (Fsp3) is 0. The maximum Gasteiger partial charge on any atom is 0.159 e. The molecule has 0 N–H and O–H groups in total. The summed E-state index contributed by atoms with van der Waals surface area (Å²) in [6.45, 7) is 0. The summed E-state index contributed by atoms with van der Waals surface area (Å²) in [7, 11) is 0. The second-order valence-corrected chi connectivity index (χ2v) is 14.1. The molecule has 2 aromatic heterocycles. The number of fused-ring (bicyclic) bond motifs is 7. The van der Waals surface area contributed by atoms with Gasteiger partial charge in [-0.25, -0.2) is 0 Å². The molecule has 3 nitrogen and oxygen atoms in total. The Labute approximate surface area is 318 Å². The van der Waals surface area contributed by atoms with Gasteiger partial charge in [0.15, 0.2) is 5.58 Å². The summed E-state index contributed by atoms with van der Waals surface area (Å²) in [5.41, 5.74) is 13.2. The molecule has 55 heavy (non-hydrogen) atoms. The summed E-state index contributed by atoms with van der Waals surface area (Å²) >= 11 is 0. The highest BCUT2D eigenvalue weighted by Crippen LogP contribution is 2.45. The van der Waals surface area contributed by atoms with Crippen molar-refractivity contribution in [2.24, 2.45) is 0 Å². The molecule has 0 spiro atoms. The zero-order valence-electron chi connectivity index (χ0n) is 29.9. The van der Waals surface area contributed by atoms with Gasteiger partial charge in [0.25, 0.3) is 0 Å². The Bertz CT molecular complexity index is 3180. The van der Waals surface area contributed by atoms with E-state index in [0.717, 1.165) is 50.3 Å². The van der Waals surface area contributed by atoms with Gasteiger partial charge < -0.3 is 13.9 Å². The Kier molecular flexibility index (Phi) is 7.17. The molecule has 0 fully saturated rings. The molecule has 0 aliphatic carbocycles. The number of benzene rings is 9. The number of para-hydroxylation sites is 3. The van der Waals surface area contributed by atoms with Crippen molar-refractivity contribution in [1.82, 2.24) is 4.57 Å². The van der Waals surface area contributed by atoms with Gasteiger partial charge in [0, 0.05) is 38.3 Å². The first kappa shape index (κ1) is 31.2. The standard InChI is InChI=1S/C52H34N2O/c1-2-12-35(13-3-1)36-24-29-40(30-25-36)53-48-20-8-6-17-43(48)46-34-39(28-33-49(46)53)37-26-31-41(32-27-37)54(47-21-10-15-38-14-4-5-16-42(38)47)50-22-11-19-45-44-18-7-9-23-51(44)55-52(45)50/h1-34H. The first-order valence-electron chi connectivity index (χ1n) is 18.8. The van der Waals surface area contributed by atoms with Gasteiger partial charge >= 0.3 is 0 Å². The van der Waals surface area contributed by atoms with E-state index >= 15 is 0 Å². The third kappa shape index (κ3) is 5.13. The van der Waals surface area contributed by atoms with Crippen LogP contribution in [0.15, 0.2) is 211 Å². The molecule has 0 amide bonds. The fourth-order valence-electron chi connectivity index (χ4n) is 8.39. The molecule has 0 saturated carbocycles. The lowest BCUT2D eigenvalue weighted by Gasteiger charge is -2.27. The third-order valence-electron chi connectivity index (χ3n) is 11.0. The van der Waals surface area contributed by atoms with Crippen molar-refractivity contribution >= 4 is 71.6 Å². The van der Waals surface area contributed by atoms with E-state index in [1.807, 2.05) is 12.1 Å². The van der Waals surface area contributed by atoms with Gasteiger partial charge in [-0.2, -0.15) is 0 Å². The highest BCUT2D eigenvalue weighted by atomic mass is 16.3. The maximum absolute atomic E-state index is 6.60. The predicted octanol–water partition coefficient (Wildman–Crippen LogP) is 14.6. The van der Waals surface area contributed by atoms with Gasteiger partial charge in [0.1, 0.15) is 5.58 Å². The quantitative estimate of drug-likeness (QED) is 0.172. The summed E-state index contributed by atoms with van der Waals surface area (Å²) in [6, 6.07) is 73.9. The van der Waals surface area contributed by atoms with Gasteiger partial charge in [0.05, 0.1) is 22.4 Å². The van der Waals surface area contributed by atoms with Crippen LogP contribution in [-0.2, 0) is 0 Å². The minimum Gasteiger partial charge on any atom is -0.454 e. The van der Waals surface area contributed by atoms with Crippen molar-refractivity contribution in [3.05, 3.63) is 206 Å². The SMILES string of the molecule is c1ccc(-c2ccc(-n3c4ccccc4c4cc(-c5ccc(N(c6cccc7ccccc67)c6cccc7c6oc6ccccc67)cc5)ccc43)cc2)cc1. The highest BCUT2D eigenvalue weighted by molar-refractivity contribution is 6.12. The average molecular weight is 703 g/mol. The first-order chi connectivity index (χ1) is 27.3. The number of aromatic nitrogens is 1. The largest absolute Gasteiger partial charge is 0.454 e. The number of rotatable bonds is 6. The van der Waals surface area contributed by atoms with Crippen LogP contribution < -0.4 is 4.90 Å². The number of hydrogen-bond acceptors (Lipinski definition) is 2.